The molecule has 0 fully saturated rings. The van der Waals surface area contributed by atoms with Crippen LogP contribution in [0.3, 0.4) is 0 Å². The van der Waals surface area contributed by atoms with Crippen molar-refractivity contribution >= 4 is 5.78 Å². The molecule has 2 nitrogen and oxygen atoms in total. The van der Waals surface area contributed by atoms with E-state index in [2.05, 4.69) is 6.08 Å². The van der Waals surface area contributed by atoms with Crippen LogP contribution in [-0.4, -0.2) is 16.5 Å². The van der Waals surface area contributed by atoms with E-state index in [1.54, 1.807) is 0 Å². The van der Waals surface area contributed by atoms with Crippen molar-refractivity contribution in [3.05, 3.63) is 47.0 Å². The number of carbonyl (C=O) groups is 1. The lowest BCUT2D eigenvalue weighted by Gasteiger charge is -2.32. The van der Waals surface area contributed by atoms with Crippen molar-refractivity contribution in [2.45, 2.75) is 57.0 Å². The van der Waals surface area contributed by atoms with Gasteiger partial charge in [-0.1, -0.05) is 49.3 Å². The van der Waals surface area contributed by atoms with Crippen LogP contribution in [0, 0.1) is 0 Å². The van der Waals surface area contributed by atoms with Gasteiger partial charge in [0.25, 0.3) is 0 Å². The van der Waals surface area contributed by atoms with Crippen molar-refractivity contribution < 1.29 is 9.90 Å². The monoisotopic (exact) mass is 270 g/mol. The smallest absolute Gasteiger partial charge is 0.195 e. The molecule has 1 aromatic rings. The molecule has 2 aliphatic rings. The first-order valence-electron chi connectivity index (χ1n) is 7.73. The summed E-state index contributed by atoms with van der Waals surface area (Å²) in [7, 11) is 0. The molecular weight excluding hydrogens is 248 g/mol. The van der Waals surface area contributed by atoms with Crippen molar-refractivity contribution in [2.24, 2.45) is 0 Å². The Morgan fingerprint density at radius 1 is 1.30 bits per heavy atom. The molecule has 3 rings (SSSR count). The molecule has 0 bridgehead atoms. The number of Topliss-reactive ketones (excluding diaryl/α,β-unsaturated/α-hetero) is 1. The van der Waals surface area contributed by atoms with Gasteiger partial charge >= 0.3 is 0 Å². The van der Waals surface area contributed by atoms with Crippen molar-refractivity contribution in [1.29, 1.82) is 0 Å². The van der Waals surface area contributed by atoms with Gasteiger partial charge in [0.2, 0.25) is 0 Å². The largest absolute Gasteiger partial charge is 0.381 e. The van der Waals surface area contributed by atoms with Gasteiger partial charge < -0.3 is 5.11 Å². The summed E-state index contributed by atoms with van der Waals surface area (Å²) in [6.45, 7) is 2.03. The van der Waals surface area contributed by atoms with E-state index < -0.39 is 5.60 Å². The van der Waals surface area contributed by atoms with Gasteiger partial charge in [0, 0.05) is 11.5 Å². The van der Waals surface area contributed by atoms with Gasteiger partial charge in [-0.15, -0.1) is 0 Å². The molecule has 0 amide bonds. The first kappa shape index (κ1) is 13.6. The van der Waals surface area contributed by atoms with E-state index >= 15 is 0 Å². The number of allylic oxidation sites excluding steroid dienone is 1. The van der Waals surface area contributed by atoms with Crippen LogP contribution in [0.4, 0.5) is 0 Å². The summed E-state index contributed by atoms with van der Waals surface area (Å²) in [6, 6.07) is 7.74. The van der Waals surface area contributed by atoms with Crippen LogP contribution in [-0.2, 0) is 0 Å². The number of benzene rings is 1. The lowest BCUT2D eigenvalue weighted by atomic mass is 9.76. The Kier molecular flexibility index (Phi) is 3.51. The van der Waals surface area contributed by atoms with Crippen molar-refractivity contribution in [1.82, 2.24) is 0 Å². The Morgan fingerprint density at radius 3 is 2.80 bits per heavy atom. The fourth-order valence-electron chi connectivity index (χ4n) is 3.85. The van der Waals surface area contributed by atoms with Crippen molar-refractivity contribution in [2.75, 3.05) is 0 Å². The third kappa shape index (κ3) is 1.94. The minimum absolute atomic E-state index is 0.0774. The zero-order valence-corrected chi connectivity index (χ0v) is 12.1. The third-order valence-electron chi connectivity index (χ3n) is 4.72. The van der Waals surface area contributed by atoms with E-state index in [-0.39, 0.29) is 11.7 Å². The van der Waals surface area contributed by atoms with Gasteiger partial charge in [0.15, 0.2) is 5.78 Å². The summed E-state index contributed by atoms with van der Waals surface area (Å²) < 4.78 is 0. The third-order valence-corrected chi connectivity index (χ3v) is 4.72. The van der Waals surface area contributed by atoms with Crippen LogP contribution in [0.1, 0.15) is 67.3 Å². The summed E-state index contributed by atoms with van der Waals surface area (Å²) in [4.78, 5) is 12.7. The predicted molar refractivity (Wildman–Crippen MR) is 79.9 cm³/mol. The van der Waals surface area contributed by atoms with Gasteiger partial charge in [-0.25, -0.2) is 0 Å². The maximum absolute atomic E-state index is 12.7. The lowest BCUT2D eigenvalue weighted by molar-refractivity contribution is 0.0228. The fourth-order valence-corrected chi connectivity index (χ4v) is 3.85. The molecular formula is C18H22O2. The number of hydrogen-bond acceptors (Lipinski definition) is 2. The molecule has 20 heavy (non-hydrogen) atoms. The quantitative estimate of drug-likeness (QED) is 0.843. The number of ketones is 1. The summed E-state index contributed by atoms with van der Waals surface area (Å²) in [5, 5.41) is 11.1. The average Bonchev–Trinajstić information content (AvgIpc) is 2.69. The number of rotatable bonds is 3. The Balaban J connectivity index is 2.11. The molecule has 106 valence electrons. The highest BCUT2D eigenvalue weighted by Crippen LogP contribution is 2.49. The highest BCUT2D eigenvalue weighted by Gasteiger charge is 2.52. The number of aliphatic hydroxyl groups is 1. The Bertz CT molecular complexity index is 558. The zero-order valence-electron chi connectivity index (χ0n) is 12.1. The lowest BCUT2D eigenvalue weighted by Crippen LogP contribution is -2.40. The molecule has 2 heteroatoms. The molecule has 1 aromatic carbocycles. The van der Waals surface area contributed by atoms with Crippen LogP contribution in [0.25, 0.3) is 0 Å². The molecule has 0 radical (unpaired) electrons. The fraction of sp³-hybridized carbons (Fsp3) is 0.500. The van der Waals surface area contributed by atoms with Gasteiger partial charge in [-0.05, 0) is 37.7 Å². The molecule has 2 atom stereocenters. The van der Waals surface area contributed by atoms with Crippen LogP contribution < -0.4 is 0 Å². The molecule has 0 aromatic heterocycles. The number of fused-ring (bicyclic) bond motifs is 1. The SMILES string of the molecule is CCC[C@]1(O)C(=O)c2ccccc2[C@H]1C1=CCCCC1. The van der Waals surface area contributed by atoms with E-state index in [9.17, 15) is 9.90 Å². The van der Waals surface area contributed by atoms with E-state index in [4.69, 9.17) is 0 Å². The minimum atomic E-state index is -1.22. The van der Waals surface area contributed by atoms with Crippen LogP contribution >= 0.6 is 0 Å². The Morgan fingerprint density at radius 2 is 2.10 bits per heavy atom. The summed E-state index contributed by atoms with van der Waals surface area (Å²) >= 11 is 0. The maximum Gasteiger partial charge on any atom is 0.195 e. The topological polar surface area (TPSA) is 37.3 Å². The Labute approximate surface area is 120 Å². The number of hydrogen-bond donors (Lipinski definition) is 1. The molecule has 0 saturated carbocycles. The second-order valence-electron chi connectivity index (χ2n) is 6.05. The van der Waals surface area contributed by atoms with Crippen LogP contribution in [0.2, 0.25) is 0 Å². The first-order chi connectivity index (χ1) is 9.68. The predicted octanol–water partition coefficient (Wildman–Crippen LogP) is 4.00. The molecule has 1 N–H and O–H groups in total. The van der Waals surface area contributed by atoms with Gasteiger partial charge in [0.1, 0.15) is 5.60 Å². The molecule has 0 unspecified atom stereocenters. The Hall–Kier alpha value is -1.41. The van der Waals surface area contributed by atoms with Crippen LogP contribution in [0.15, 0.2) is 35.9 Å². The van der Waals surface area contributed by atoms with E-state index in [1.165, 1.54) is 18.4 Å². The summed E-state index contributed by atoms with van der Waals surface area (Å²) in [5.74, 6) is -0.196. The van der Waals surface area contributed by atoms with E-state index in [1.807, 2.05) is 31.2 Å². The van der Waals surface area contributed by atoms with Crippen molar-refractivity contribution in [3.8, 4) is 0 Å². The van der Waals surface area contributed by atoms with Gasteiger partial charge in [-0.2, -0.15) is 0 Å². The molecule has 2 aliphatic carbocycles. The first-order valence-corrected chi connectivity index (χ1v) is 7.73. The molecule has 0 spiro atoms. The van der Waals surface area contributed by atoms with E-state index in [0.717, 1.165) is 30.4 Å². The van der Waals surface area contributed by atoms with Gasteiger partial charge in [0.05, 0.1) is 0 Å². The van der Waals surface area contributed by atoms with Crippen LogP contribution in [0.5, 0.6) is 0 Å². The highest BCUT2D eigenvalue weighted by atomic mass is 16.3. The molecule has 0 heterocycles. The highest BCUT2D eigenvalue weighted by molar-refractivity contribution is 6.08. The second-order valence-corrected chi connectivity index (χ2v) is 6.05. The number of carbonyl (C=O) groups excluding carboxylic acids is 1. The van der Waals surface area contributed by atoms with Gasteiger partial charge in [-0.3, -0.25) is 4.79 Å². The van der Waals surface area contributed by atoms with Crippen molar-refractivity contribution in [3.63, 3.8) is 0 Å². The molecule has 0 aliphatic heterocycles. The second kappa shape index (κ2) is 5.17. The standard InChI is InChI=1S/C18H22O2/c1-2-12-18(20)16(13-8-4-3-5-9-13)14-10-6-7-11-15(14)17(18)19/h6-8,10-11,16,20H,2-5,9,12H2,1H3/t16-,18-/m1/s1. The normalized spacial score (nSPS) is 29.2. The summed E-state index contributed by atoms with van der Waals surface area (Å²) in [5.41, 5.74) is 1.80. The average molecular weight is 270 g/mol. The van der Waals surface area contributed by atoms with E-state index in [0.29, 0.717) is 6.42 Å². The maximum atomic E-state index is 12.7. The molecule has 0 saturated heterocycles. The zero-order chi connectivity index (χ0) is 14.2. The summed E-state index contributed by atoms with van der Waals surface area (Å²) in [6.07, 6.45) is 8.09. The minimum Gasteiger partial charge on any atom is -0.381 e.